The van der Waals surface area contributed by atoms with E-state index in [4.69, 9.17) is 4.74 Å². The topological polar surface area (TPSA) is 84.5 Å². The van der Waals surface area contributed by atoms with Crippen LogP contribution >= 0.6 is 0 Å². The molecule has 0 spiro atoms. The van der Waals surface area contributed by atoms with Crippen molar-refractivity contribution < 1.29 is 17.9 Å². The zero-order valence-corrected chi connectivity index (χ0v) is 11.7. The molecule has 1 amide bonds. The first-order valence-corrected chi connectivity index (χ1v) is 8.36. The maximum absolute atomic E-state index is 12.1. The second-order valence-corrected chi connectivity index (χ2v) is 7.32. The van der Waals surface area contributed by atoms with Crippen LogP contribution < -0.4 is 15.4 Å². The molecule has 1 fully saturated rings. The SMILES string of the molecule is O=C(NC1CCS(=O)(=O)C1)C1CNc2ccccc2O1. The summed E-state index contributed by atoms with van der Waals surface area (Å²) < 4.78 is 28.4. The summed E-state index contributed by atoms with van der Waals surface area (Å²) in [4.78, 5) is 12.1. The van der Waals surface area contributed by atoms with Gasteiger partial charge in [-0.2, -0.15) is 0 Å². The van der Waals surface area contributed by atoms with Gasteiger partial charge in [-0.3, -0.25) is 4.79 Å². The lowest BCUT2D eigenvalue weighted by Crippen LogP contribution is -2.48. The van der Waals surface area contributed by atoms with Gasteiger partial charge in [0.15, 0.2) is 15.9 Å². The molecule has 1 aromatic rings. The van der Waals surface area contributed by atoms with Gasteiger partial charge in [0.05, 0.1) is 23.7 Å². The van der Waals surface area contributed by atoms with E-state index in [2.05, 4.69) is 10.6 Å². The second kappa shape index (κ2) is 4.97. The van der Waals surface area contributed by atoms with E-state index in [1.807, 2.05) is 18.2 Å². The average molecular weight is 296 g/mol. The van der Waals surface area contributed by atoms with Gasteiger partial charge in [0.2, 0.25) is 0 Å². The van der Waals surface area contributed by atoms with Crippen LogP contribution in [0.5, 0.6) is 5.75 Å². The van der Waals surface area contributed by atoms with Crippen molar-refractivity contribution in [2.75, 3.05) is 23.4 Å². The maximum Gasteiger partial charge on any atom is 0.263 e. The highest BCUT2D eigenvalue weighted by atomic mass is 32.2. The number of hydrogen-bond donors (Lipinski definition) is 2. The predicted octanol–water partition coefficient (Wildman–Crippen LogP) is 0.163. The molecule has 108 valence electrons. The van der Waals surface area contributed by atoms with E-state index in [9.17, 15) is 13.2 Å². The van der Waals surface area contributed by atoms with Crippen molar-refractivity contribution in [1.82, 2.24) is 5.32 Å². The van der Waals surface area contributed by atoms with Crippen molar-refractivity contribution in [1.29, 1.82) is 0 Å². The van der Waals surface area contributed by atoms with Gasteiger partial charge in [0, 0.05) is 6.04 Å². The monoisotopic (exact) mass is 296 g/mol. The Morgan fingerprint density at radius 1 is 1.35 bits per heavy atom. The molecule has 6 nitrogen and oxygen atoms in total. The lowest BCUT2D eigenvalue weighted by Gasteiger charge is -2.27. The van der Waals surface area contributed by atoms with Gasteiger partial charge in [-0.15, -0.1) is 0 Å². The standard InChI is InChI=1S/C13H16N2O4S/c16-13(15-9-5-6-20(17,18)8-9)12-7-14-10-3-1-2-4-11(10)19-12/h1-4,9,12,14H,5-8H2,(H,15,16). The van der Waals surface area contributed by atoms with Crippen molar-refractivity contribution in [2.45, 2.75) is 18.6 Å². The smallest absolute Gasteiger partial charge is 0.263 e. The fraction of sp³-hybridized carbons (Fsp3) is 0.462. The van der Waals surface area contributed by atoms with Gasteiger partial charge in [0.1, 0.15) is 5.75 Å². The highest BCUT2D eigenvalue weighted by Crippen LogP contribution is 2.28. The molecule has 20 heavy (non-hydrogen) atoms. The summed E-state index contributed by atoms with van der Waals surface area (Å²) >= 11 is 0. The number of ether oxygens (including phenoxy) is 1. The number of hydrogen-bond acceptors (Lipinski definition) is 5. The maximum atomic E-state index is 12.1. The van der Waals surface area contributed by atoms with E-state index in [0.717, 1.165) is 5.69 Å². The number of nitrogens with one attached hydrogen (secondary N) is 2. The normalized spacial score (nSPS) is 27.0. The van der Waals surface area contributed by atoms with Crippen LogP contribution in [0.4, 0.5) is 5.69 Å². The van der Waals surface area contributed by atoms with Gasteiger partial charge in [0.25, 0.3) is 5.91 Å². The van der Waals surface area contributed by atoms with E-state index >= 15 is 0 Å². The molecular weight excluding hydrogens is 280 g/mol. The molecule has 0 bridgehead atoms. The van der Waals surface area contributed by atoms with E-state index < -0.39 is 15.9 Å². The summed E-state index contributed by atoms with van der Waals surface area (Å²) in [7, 11) is -2.99. The van der Waals surface area contributed by atoms with E-state index in [-0.39, 0.29) is 23.5 Å². The number of fused-ring (bicyclic) bond motifs is 1. The lowest BCUT2D eigenvalue weighted by molar-refractivity contribution is -0.128. The Hall–Kier alpha value is -1.76. The van der Waals surface area contributed by atoms with Crippen LogP contribution in [0.1, 0.15) is 6.42 Å². The first kappa shape index (κ1) is 13.2. The lowest BCUT2D eigenvalue weighted by atomic mass is 10.2. The van der Waals surface area contributed by atoms with Gasteiger partial charge in [-0.05, 0) is 18.6 Å². The molecule has 2 aliphatic rings. The molecule has 2 atom stereocenters. The van der Waals surface area contributed by atoms with Crippen LogP contribution in [0, 0.1) is 0 Å². The van der Waals surface area contributed by atoms with Crippen LogP contribution in [0.15, 0.2) is 24.3 Å². The number of anilines is 1. The average Bonchev–Trinajstić information content (AvgIpc) is 2.77. The molecule has 1 aromatic carbocycles. The van der Waals surface area contributed by atoms with Crippen LogP contribution in [0.2, 0.25) is 0 Å². The zero-order chi connectivity index (χ0) is 14.2. The molecule has 2 aliphatic heterocycles. The molecule has 0 radical (unpaired) electrons. The number of rotatable bonds is 2. The minimum Gasteiger partial charge on any atom is -0.477 e. The molecule has 2 unspecified atom stereocenters. The zero-order valence-electron chi connectivity index (χ0n) is 10.8. The fourth-order valence-electron chi connectivity index (χ4n) is 2.46. The van der Waals surface area contributed by atoms with Gasteiger partial charge >= 0.3 is 0 Å². The van der Waals surface area contributed by atoms with E-state index in [1.165, 1.54) is 0 Å². The number of carbonyl (C=O) groups excluding carboxylic acids is 1. The summed E-state index contributed by atoms with van der Waals surface area (Å²) in [5, 5.41) is 5.88. The molecule has 7 heteroatoms. The molecule has 0 aromatic heterocycles. The molecule has 0 saturated carbocycles. The molecule has 2 N–H and O–H groups in total. The minimum atomic E-state index is -2.99. The number of benzene rings is 1. The quantitative estimate of drug-likeness (QED) is 0.812. The molecule has 0 aliphatic carbocycles. The van der Waals surface area contributed by atoms with Crippen molar-refractivity contribution in [3.8, 4) is 5.75 Å². The summed E-state index contributed by atoms with van der Waals surface area (Å²) in [6.45, 7) is 0.377. The van der Waals surface area contributed by atoms with Crippen LogP contribution in [-0.2, 0) is 14.6 Å². The Morgan fingerprint density at radius 3 is 2.90 bits per heavy atom. The highest BCUT2D eigenvalue weighted by molar-refractivity contribution is 7.91. The van der Waals surface area contributed by atoms with Gasteiger partial charge < -0.3 is 15.4 Å². The van der Waals surface area contributed by atoms with E-state index in [0.29, 0.717) is 18.7 Å². The Balaban J connectivity index is 1.62. The summed E-state index contributed by atoms with van der Waals surface area (Å²) in [6.07, 6.45) is -0.154. The Labute approximate surface area is 117 Å². The molecule has 3 rings (SSSR count). The van der Waals surface area contributed by atoms with Crippen molar-refractivity contribution in [3.63, 3.8) is 0 Å². The molecule has 2 heterocycles. The van der Waals surface area contributed by atoms with Crippen molar-refractivity contribution >= 4 is 21.4 Å². The largest absolute Gasteiger partial charge is 0.477 e. The van der Waals surface area contributed by atoms with Gasteiger partial charge in [-0.25, -0.2) is 8.42 Å². The number of amides is 1. The Morgan fingerprint density at radius 2 is 2.15 bits per heavy atom. The summed E-state index contributed by atoms with van der Waals surface area (Å²) in [5.41, 5.74) is 0.861. The first-order valence-electron chi connectivity index (χ1n) is 6.54. The highest BCUT2D eigenvalue weighted by Gasteiger charge is 2.32. The Kier molecular flexibility index (Phi) is 3.29. The van der Waals surface area contributed by atoms with E-state index in [1.54, 1.807) is 6.07 Å². The van der Waals surface area contributed by atoms with Crippen molar-refractivity contribution in [2.24, 2.45) is 0 Å². The minimum absolute atomic E-state index is 0.0233. The first-order chi connectivity index (χ1) is 9.53. The third kappa shape index (κ3) is 2.72. The number of sulfone groups is 1. The van der Waals surface area contributed by atoms with Crippen LogP contribution in [-0.4, -0.2) is 44.5 Å². The molecular formula is C13H16N2O4S. The summed E-state index contributed by atoms with van der Waals surface area (Å²) in [6, 6.07) is 7.10. The third-order valence-electron chi connectivity index (χ3n) is 3.51. The second-order valence-electron chi connectivity index (χ2n) is 5.09. The van der Waals surface area contributed by atoms with Gasteiger partial charge in [-0.1, -0.05) is 12.1 Å². The summed E-state index contributed by atoms with van der Waals surface area (Å²) in [5.74, 6) is 0.534. The van der Waals surface area contributed by atoms with Crippen LogP contribution in [0.25, 0.3) is 0 Å². The van der Waals surface area contributed by atoms with Crippen LogP contribution in [0.3, 0.4) is 0 Å². The Bertz CT molecular complexity index is 629. The fourth-order valence-corrected chi connectivity index (χ4v) is 4.14. The van der Waals surface area contributed by atoms with Crippen molar-refractivity contribution in [3.05, 3.63) is 24.3 Å². The third-order valence-corrected chi connectivity index (χ3v) is 5.27. The molecule has 1 saturated heterocycles. The number of carbonyl (C=O) groups is 1. The predicted molar refractivity (Wildman–Crippen MR) is 74.5 cm³/mol. The number of para-hydroxylation sites is 2.